The number of carbonyl (C=O) groups excluding carboxylic acids is 1. The summed E-state index contributed by atoms with van der Waals surface area (Å²) in [6.45, 7) is 5.20. The minimum atomic E-state index is -0.0859. The number of thiophene rings is 1. The molecule has 2 aromatic rings. The fourth-order valence-electron chi connectivity index (χ4n) is 3.41. The van der Waals surface area contributed by atoms with Gasteiger partial charge in [-0.05, 0) is 44.7 Å². The van der Waals surface area contributed by atoms with Gasteiger partial charge in [-0.2, -0.15) is 10.4 Å². The van der Waals surface area contributed by atoms with Gasteiger partial charge in [0.05, 0.1) is 18.3 Å². The Bertz CT molecular complexity index is 860. The number of nitriles is 1. The van der Waals surface area contributed by atoms with Crippen LogP contribution in [0, 0.1) is 24.2 Å². The average Bonchev–Trinajstić information content (AvgIpc) is 3.07. The maximum atomic E-state index is 12.5. The van der Waals surface area contributed by atoms with Gasteiger partial charge in [-0.15, -0.1) is 11.3 Å². The van der Waals surface area contributed by atoms with Gasteiger partial charge in [-0.3, -0.25) is 14.4 Å². The van der Waals surface area contributed by atoms with E-state index in [9.17, 15) is 10.1 Å². The van der Waals surface area contributed by atoms with E-state index in [-0.39, 0.29) is 12.5 Å². The number of carbonyl (C=O) groups is 1. The van der Waals surface area contributed by atoms with Crippen molar-refractivity contribution in [2.45, 2.75) is 39.7 Å². The zero-order valence-corrected chi connectivity index (χ0v) is 16.6. The highest BCUT2D eigenvalue weighted by atomic mass is 32.1. The van der Waals surface area contributed by atoms with E-state index in [0.29, 0.717) is 23.0 Å². The van der Waals surface area contributed by atoms with Crippen LogP contribution in [-0.4, -0.2) is 34.2 Å². The third-order valence-corrected chi connectivity index (χ3v) is 6.24. The second kappa shape index (κ2) is 7.60. The van der Waals surface area contributed by atoms with Crippen LogP contribution in [0.2, 0.25) is 0 Å². The minimum absolute atomic E-state index is 0.0859. The number of hydrogen-bond donors (Lipinski definition) is 1. The molecule has 1 atom stereocenters. The zero-order chi connectivity index (χ0) is 18.8. The number of fused-ring (bicyclic) bond motifs is 1. The first kappa shape index (κ1) is 18.6. The topological polar surface area (TPSA) is 74.0 Å². The number of nitrogens with zero attached hydrogens (tertiary/aromatic N) is 4. The third-order valence-electron chi connectivity index (χ3n) is 5.07. The van der Waals surface area contributed by atoms with Crippen molar-refractivity contribution in [2.24, 2.45) is 13.0 Å². The molecule has 0 aromatic carbocycles. The Balaban J connectivity index is 1.65. The van der Waals surface area contributed by atoms with Crippen LogP contribution in [0.5, 0.6) is 0 Å². The first-order chi connectivity index (χ1) is 12.4. The number of hydrogen-bond acceptors (Lipinski definition) is 5. The second-order valence-electron chi connectivity index (χ2n) is 7.27. The van der Waals surface area contributed by atoms with Crippen molar-refractivity contribution in [3.63, 3.8) is 0 Å². The largest absolute Gasteiger partial charge is 0.315 e. The van der Waals surface area contributed by atoms with E-state index in [0.717, 1.165) is 36.1 Å². The van der Waals surface area contributed by atoms with Crippen LogP contribution in [0.4, 0.5) is 5.00 Å². The standard InChI is InChI=1S/C19H25N5OS/c1-12-5-6-15-16(8-20)19(26-17(15)7-12)22-18(25)11-23(3)10-14-9-21-24(4)13(14)2/h9,12H,5-7,10-11H2,1-4H3,(H,22,25). The number of likely N-dealkylation sites (N-methyl/N-ethyl adjacent to an activating group) is 1. The summed E-state index contributed by atoms with van der Waals surface area (Å²) in [4.78, 5) is 15.7. The van der Waals surface area contributed by atoms with Crippen molar-refractivity contribution in [1.82, 2.24) is 14.7 Å². The fourth-order valence-corrected chi connectivity index (χ4v) is 4.79. The molecule has 0 fully saturated rings. The number of rotatable bonds is 5. The van der Waals surface area contributed by atoms with E-state index < -0.39 is 0 Å². The maximum Gasteiger partial charge on any atom is 0.239 e. The molecule has 2 heterocycles. The fraction of sp³-hybridized carbons (Fsp3) is 0.526. The summed E-state index contributed by atoms with van der Waals surface area (Å²) in [5.41, 5.74) is 4.02. The molecule has 138 valence electrons. The van der Waals surface area contributed by atoms with E-state index in [2.05, 4.69) is 23.4 Å². The summed E-state index contributed by atoms with van der Waals surface area (Å²) in [5.74, 6) is 0.558. The Morgan fingerprint density at radius 1 is 1.58 bits per heavy atom. The molecule has 6 nitrogen and oxygen atoms in total. The molecule has 1 aliphatic rings. The van der Waals surface area contributed by atoms with Crippen LogP contribution in [0.1, 0.15) is 40.6 Å². The average molecular weight is 372 g/mol. The molecule has 1 aliphatic carbocycles. The Morgan fingerprint density at radius 3 is 3.00 bits per heavy atom. The zero-order valence-electron chi connectivity index (χ0n) is 15.8. The summed E-state index contributed by atoms with van der Waals surface area (Å²) in [6.07, 6.45) is 4.89. The highest BCUT2D eigenvalue weighted by Crippen LogP contribution is 2.39. The summed E-state index contributed by atoms with van der Waals surface area (Å²) in [6, 6.07) is 2.30. The van der Waals surface area contributed by atoms with Crippen LogP contribution in [0.3, 0.4) is 0 Å². The molecule has 0 bridgehead atoms. The Hall–Kier alpha value is -2.17. The van der Waals surface area contributed by atoms with Crippen LogP contribution in [0.15, 0.2) is 6.20 Å². The van der Waals surface area contributed by atoms with Crippen molar-refractivity contribution in [3.05, 3.63) is 33.5 Å². The number of aromatic nitrogens is 2. The highest BCUT2D eigenvalue weighted by Gasteiger charge is 2.24. The lowest BCUT2D eigenvalue weighted by atomic mass is 9.89. The predicted octanol–water partition coefficient (Wildman–Crippen LogP) is 2.86. The van der Waals surface area contributed by atoms with Crippen molar-refractivity contribution >= 4 is 22.2 Å². The van der Waals surface area contributed by atoms with Crippen molar-refractivity contribution < 1.29 is 4.79 Å². The number of amides is 1. The molecule has 0 saturated carbocycles. The van der Waals surface area contributed by atoms with Crippen LogP contribution in [0.25, 0.3) is 0 Å². The normalized spacial score (nSPS) is 16.4. The molecule has 1 unspecified atom stereocenters. The Labute approximate surface area is 158 Å². The molecule has 7 heteroatoms. The van der Waals surface area contributed by atoms with E-state index in [1.54, 1.807) is 11.3 Å². The van der Waals surface area contributed by atoms with Gasteiger partial charge in [0.1, 0.15) is 11.1 Å². The first-order valence-electron chi connectivity index (χ1n) is 8.89. The highest BCUT2D eigenvalue weighted by molar-refractivity contribution is 7.16. The predicted molar refractivity (Wildman–Crippen MR) is 103 cm³/mol. The number of nitrogens with one attached hydrogen (secondary N) is 1. The van der Waals surface area contributed by atoms with Gasteiger partial charge < -0.3 is 5.32 Å². The van der Waals surface area contributed by atoms with Gasteiger partial charge in [0.2, 0.25) is 5.91 Å². The molecular weight excluding hydrogens is 346 g/mol. The molecule has 3 rings (SSSR count). The van der Waals surface area contributed by atoms with Crippen molar-refractivity contribution in [2.75, 3.05) is 18.9 Å². The molecule has 2 aromatic heterocycles. The Kier molecular flexibility index (Phi) is 5.44. The third kappa shape index (κ3) is 3.81. The lowest BCUT2D eigenvalue weighted by molar-refractivity contribution is -0.117. The van der Waals surface area contributed by atoms with E-state index in [1.165, 1.54) is 4.88 Å². The Morgan fingerprint density at radius 2 is 2.35 bits per heavy atom. The summed E-state index contributed by atoms with van der Waals surface area (Å²) < 4.78 is 1.83. The molecule has 1 amide bonds. The molecule has 0 aliphatic heterocycles. The maximum absolute atomic E-state index is 12.5. The van der Waals surface area contributed by atoms with Crippen LogP contribution >= 0.6 is 11.3 Å². The molecule has 0 spiro atoms. The van der Waals surface area contributed by atoms with Gasteiger partial charge in [0.25, 0.3) is 0 Å². The van der Waals surface area contributed by atoms with Gasteiger partial charge in [-0.25, -0.2) is 0 Å². The number of aryl methyl sites for hydroxylation is 1. The summed E-state index contributed by atoms with van der Waals surface area (Å²) in [7, 11) is 3.83. The second-order valence-corrected chi connectivity index (χ2v) is 8.37. The van der Waals surface area contributed by atoms with Crippen molar-refractivity contribution in [3.8, 4) is 6.07 Å². The summed E-state index contributed by atoms with van der Waals surface area (Å²) >= 11 is 1.57. The monoisotopic (exact) mass is 371 g/mol. The lowest BCUT2D eigenvalue weighted by Crippen LogP contribution is -2.30. The lowest BCUT2D eigenvalue weighted by Gasteiger charge is -2.17. The minimum Gasteiger partial charge on any atom is -0.315 e. The van der Waals surface area contributed by atoms with Gasteiger partial charge >= 0.3 is 0 Å². The van der Waals surface area contributed by atoms with Crippen LogP contribution < -0.4 is 5.32 Å². The molecule has 26 heavy (non-hydrogen) atoms. The van der Waals surface area contributed by atoms with Gasteiger partial charge in [-0.1, -0.05) is 6.92 Å². The van der Waals surface area contributed by atoms with E-state index >= 15 is 0 Å². The number of anilines is 1. The molecule has 0 saturated heterocycles. The van der Waals surface area contributed by atoms with Crippen LogP contribution in [-0.2, 0) is 31.2 Å². The first-order valence-corrected chi connectivity index (χ1v) is 9.71. The van der Waals surface area contributed by atoms with Crippen molar-refractivity contribution in [1.29, 1.82) is 5.26 Å². The van der Waals surface area contributed by atoms with E-state index in [1.807, 2.05) is 36.8 Å². The molecule has 1 N–H and O–H groups in total. The molecular formula is C19H25N5OS. The summed E-state index contributed by atoms with van der Waals surface area (Å²) in [5, 5.41) is 17.4. The smallest absolute Gasteiger partial charge is 0.239 e. The van der Waals surface area contributed by atoms with E-state index in [4.69, 9.17) is 0 Å². The SMILES string of the molecule is Cc1c(CN(C)CC(=O)Nc2sc3c(c2C#N)CCC(C)C3)cnn1C. The quantitative estimate of drug-likeness (QED) is 0.877. The van der Waals surface area contributed by atoms with Gasteiger partial charge in [0.15, 0.2) is 0 Å². The molecule has 0 radical (unpaired) electrons. The van der Waals surface area contributed by atoms with Gasteiger partial charge in [0, 0.05) is 29.7 Å².